The van der Waals surface area contributed by atoms with Crippen LogP contribution in [0.15, 0.2) is 24.8 Å². The summed E-state index contributed by atoms with van der Waals surface area (Å²) in [6, 6.07) is 0. The summed E-state index contributed by atoms with van der Waals surface area (Å²) in [6.07, 6.45) is 6.56. The third-order valence-electron chi connectivity index (χ3n) is 0.478. The van der Waals surface area contributed by atoms with Gasteiger partial charge in [-0.25, -0.2) is 0 Å². The number of nitrogens with zero attached hydrogens (tertiary/aromatic N) is 2. The van der Waals surface area contributed by atoms with Gasteiger partial charge in [-0.05, 0) is 0 Å². The largest absolute Gasteiger partial charge is 0.326 e. The Morgan fingerprint density at radius 2 is 1.17 bits per heavy atom. The molecule has 0 aliphatic heterocycles. The van der Waals surface area contributed by atoms with Crippen LogP contribution in [0.3, 0.4) is 0 Å². The molecule has 0 saturated heterocycles. The second-order valence-electron chi connectivity index (χ2n) is 1.18. The first-order chi connectivity index (χ1) is 5.73. The van der Waals surface area contributed by atoms with E-state index in [-0.39, 0.29) is 0 Å². The van der Waals surface area contributed by atoms with Gasteiger partial charge in [0.1, 0.15) is 0 Å². The van der Waals surface area contributed by atoms with E-state index in [1.807, 2.05) is 0 Å². The van der Waals surface area contributed by atoms with Crippen LogP contribution in [0.25, 0.3) is 0 Å². The summed E-state index contributed by atoms with van der Waals surface area (Å²) < 4.78 is 8.74. The highest BCUT2D eigenvalue weighted by Gasteiger charge is 1.61. The van der Waals surface area contributed by atoms with Gasteiger partial charge in [0.15, 0.2) is 0 Å². The maximum Gasteiger partial charge on any atom is 0.314 e. The summed E-state index contributed by atoms with van der Waals surface area (Å²) >= 11 is 6.44. The van der Waals surface area contributed by atoms with Gasteiger partial charge in [0, 0.05) is 24.8 Å². The predicted molar refractivity (Wildman–Crippen MR) is 53.4 cm³/mol. The number of aromatic nitrogens is 2. The summed E-state index contributed by atoms with van der Waals surface area (Å²) in [5, 5.41) is 0. The molecule has 0 aliphatic rings. The van der Waals surface area contributed by atoms with Gasteiger partial charge in [0.05, 0.1) is 0 Å². The van der Waals surface area contributed by atoms with Gasteiger partial charge in [-0.15, -0.1) is 23.3 Å². The molecule has 0 amide bonds. The van der Waals surface area contributed by atoms with Gasteiger partial charge in [-0.2, -0.15) is 0 Å². The van der Waals surface area contributed by atoms with E-state index in [1.54, 1.807) is 24.8 Å². The fourth-order valence-electron chi connectivity index (χ4n) is 0.253. The highest BCUT2D eigenvalue weighted by atomic mass is 33.1. The summed E-state index contributed by atoms with van der Waals surface area (Å²) in [5.41, 5.74) is 0. The first-order valence-corrected chi connectivity index (χ1v) is 5.45. The van der Waals surface area contributed by atoms with Crippen LogP contribution in [-0.4, -0.2) is 19.8 Å². The Labute approximate surface area is 81.1 Å². The molecule has 0 saturated carbocycles. The summed E-state index contributed by atoms with van der Waals surface area (Å²) in [5.74, 6) is 0. The van der Waals surface area contributed by atoms with Gasteiger partial charge < -0.3 is 9.79 Å². The summed E-state index contributed by atoms with van der Waals surface area (Å²) in [7, 11) is -3.13. The maximum absolute atomic E-state index is 8.74. The van der Waals surface area contributed by atoms with E-state index in [1.165, 1.54) is 0 Å². The van der Waals surface area contributed by atoms with Crippen LogP contribution in [0.5, 0.6) is 0 Å². The van der Waals surface area contributed by atoms with E-state index < -0.39 is 8.25 Å². The molecule has 5 nitrogen and oxygen atoms in total. The highest BCUT2D eigenvalue weighted by Crippen LogP contribution is 1.98. The molecule has 0 radical (unpaired) electrons. The first kappa shape index (κ1) is 14.5. The van der Waals surface area contributed by atoms with E-state index in [9.17, 15) is 0 Å². The number of rotatable bonds is 0. The van der Waals surface area contributed by atoms with Crippen molar-refractivity contribution in [1.82, 2.24) is 9.97 Å². The molecular weight excluding hydrogens is 219 g/mol. The minimum absolute atomic E-state index is 1.64. The molecule has 0 unspecified atom stereocenters. The fourth-order valence-corrected chi connectivity index (χ4v) is 0.253. The molecule has 70 valence electrons. The smallest absolute Gasteiger partial charge is 0.314 e. The van der Waals surface area contributed by atoms with Gasteiger partial charge in [-0.1, -0.05) is 0 Å². The molecule has 0 bridgehead atoms. The number of hydrogen-bond acceptors (Lipinski definition) is 5. The molecule has 0 fully saturated rings. The Morgan fingerprint density at radius 3 is 1.25 bits per heavy atom. The van der Waals surface area contributed by atoms with Crippen LogP contribution in [0.2, 0.25) is 0 Å². The standard InChI is InChI=1S/C4H4N2.H3O3P.H2S2/c1-2-6-4-3-5-1;1-4(2)3;1-2/h1-4H;4H,(H2,1,2,3);1-2H. The van der Waals surface area contributed by atoms with E-state index >= 15 is 0 Å². The Balaban J connectivity index is 0. The van der Waals surface area contributed by atoms with Crippen LogP contribution in [0, 0.1) is 0 Å². The monoisotopic (exact) mass is 228 g/mol. The maximum atomic E-state index is 8.74. The third-order valence-corrected chi connectivity index (χ3v) is 0.478. The van der Waals surface area contributed by atoms with Crippen LogP contribution in [0.4, 0.5) is 0 Å². The van der Waals surface area contributed by atoms with Crippen LogP contribution < -0.4 is 0 Å². The zero-order chi connectivity index (χ0) is 9.82. The van der Waals surface area contributed by atoms with Gasteiger partial charge in [0.25, 0.3) is 0 Å². The van der Waals surface area contributed by atoms with Crippen molar-refractivity contribution < 1.29 is 14.4 Å². The average Bonchev–Trinajstić information content (AvgIpc) is 2.10. The Morgan fingerprint density at radius 1 is 1.00 bits per heavy atom. The first-order valence-electron chi connectivity index (χ1n) is 2.55. The Kier molecular flexibility index (Phi) is 16.3. The van der Waals surface area contributed by atoms with Gasteiger partial charge in [0.2, 0.25) is 0 Å². The number of hydrogen-bond donors (Lipinski definition) is 4. The third kappa shape index (κ3) is 22.5. The predicted octanol–water partition coefficient (Wildman–Crippen LogP) is 0.598. The highest BCUT2D eigenvalue weighted by molar-refractivity contribution is 8.59. The molecule has 1 rings (SSSR count). The molecule has 0 aliphatic carbocycles. The van der Waals surface area contributed by atoms with E-state index in [2.05, 4.69) is 33.3 Å². The topological polar surface area (TPSA) is 83.3 Å². The minimum Gasteiger partial charge on any atom is -0.326 e. The van der Waals surface area contributed by atoms with Crippen molar-refractivity contribution in [2.45, 2.75) is 0 Å². The molecule has 1 heterocycles. The molecule has 2 N–H and O–H groups in total. The SMILES string of the molecule is O=[PH](O)O.SS.c1cnccn1. The molecule has 0 spiro atoms. The lowest BCUT2D eigenvalue weighted by Crippen LogP contribution is -1.66. The zero-order valence-corrected chi connectivity index (χ0v) is 8.69. The van der Waals surface area contributed by atoms with Gasteiger partial charge in [-0.3, -0.25) is 14.5 Å². The lowest BCUT2D eigenvalue weighted by Gasteiger charge is -1.70. The number of thiol groups is 2. The van der Waals surface area contributed by atoms with E-state index in [0.717, 1.165) is 0 Å². The lowest BCUT2D eigenvalue weighted by molar-refractivity contribution is 0.405. The van der Waals surface area contributed by atoms with Gasteiger partial charge >= 0.3 is 8.25 Å². The second-order valence-corrected chi connectivity index (χ2v) is 1.74. The van der Waals surface area contributed by atoms with Crippen molar-refractivity contribution in [3.63, 3.8) is 0 Å². The molecule has 0 atom stereocenters. The summed E-state index contributed by atoms with van der Waals surface area (Å²) in [4.78, 5) is 21.8. The molecule has 8 heteroatoms. The second kappa shape index (κ2) is 13.5. The van der Waals surface area contributed by atoms with Crippen molar-refractivity contribution in [2.75, 3.05) is 0 Å². The Hall–Kier alpha value is -0.0700. The van der Waals surface area contributed by atoms with Crippen molar-refractivity contribution in [3.05, 3.63) is 24.8 Å². The van der Waals surface area contributed by atoms with Crippen LogP contribution >= 0.6 is 31.6 Å². The van der Waals surface area contributed by atoms with Crippen LogP contribution in [-0.2, 0) is 4.57 Å². The van der Waals surface area contributed by atoms with Crippen molar-refractivity contribution in [3.8, 4) is 0 Å². The zero-order valence-electron chi connectivity index (χ0n) is 5.90. The van der Waals surface area contributed by atoms with E-state index in [4.69, 9.17) is 14.4 Å². The molecule has 1 aromatic rings. The lowest BCUT2D eigenvalue weighted by atomic mass is 10.8. The minimum atomic E-state index is -3.13. The molecular formula is C4H9N2O3PS2. The molecule has 1 aromatic heterocycles. The van der Waals surface area contributed by atoms with E-state index in [0.29, 0.717) is 0 Å². The summed E-state index contributed by atoms with van der Waals surface area (Å²) in [6.45, 7) is 0. The fraction of sp³-hybridized carbons (Fsp3) is 0. The van der Waals surface area contributed by atoms with Crippen molar-refractivity contribution in [1.29, 1.82) is 0 Å². The average molecular weight is 228 g/mol. The Bertz CT molecular complexity index is 158. The van der Waals surface area contributed by atoms with Crippen molar-refractivity contribution in [2.24, 2.45) is 0 Å². The normalized spacial score (nSPS) is 7.42. The van der Waals surface area contributed by atoms with Crippen LogP contribution in [0.1, 0.15) is 0 Å². The molecule has 12 heavy (non-hydrogen) atoms. The molecule has 0 aromatic carbocycles. The quantitative estimate of drug-likeness (QED) is 0.297. The van der Waals surface area contributed by atoms with Crippen molar-refractivity contribution >= 4 is 31.6 Å².